The van der Waals surface area contributed by atoms with Crippen molar-refractivity contribution in [3.63, 3.8) is 0 Å². The summed E-state index contributed by atoms with van der Waals surface area (Å²) >= 11 is 1.30. The summed E-state index contributed by atoms with van der Waals surface area (Å²) in [4.78, 5) is 15.2. The van der Waals surface area contributed by atoms with E-state index in [9.17, 15) is 15.3 Å². The van der Waals surface area contributed by atoms with Crippen LogP contribution in [0.3, 0.4) is 0 Å². The van der Waals surface area contributed by atoms with E-state index in [1.165, 1.54) is 18.7 Å². The Bertz CT molecular complexity index is 949. The Kier molecular flexibility index (Phi) is 8.28. The first-order valence-electron chi connectivity index (χ1n) is 8.74. The average Bonchev–Trinajstić information content (AvgIpc) is 2.71. The molecule has 1 aromatic carbocycles. The molecular weight excluding hydrogens is 390 g/mol. The molecule has 0 saturated heterocycles. The van der Waals surface area contributed by atoms with Crippen LogP contribution in [0.1, 0.15) is 18.1 Å². The number of carbonyl (C=O) groups is 1. The summed E-state index contributed by atoms with van der Waals surface area (Å²) in [6.45, 7) is 2.75. The van der Waals surface area contributed by atoms with Gasteiger partial charge in [-0.3, -0.25) is 4.79 Å². The van der Waals surface area contributed by atoms with Gasteiger partial charge in [-0.25, -0.2) is 4.98 Å². The maximum Gasteiger partial charge on any atom is 0.216 e. The van der Waals surface area contributed by atoms with Crippen molar-refractivity contribution >= 4 is 23.5 Å². The minimum Gasteiger partial charge on any atom is -0.491 e. The van der Waals surface area contributed by atoms with Crippen molar-refractivity contribution in [1.29, 1.82) is 10.5 Å². The molecule has 0 spiro atoms. The van der Waals surface area contributed by atoms with Gasteiger partial charge in [-0.1, -0.05) is 12.1 Å². The monoisotopic (exact) mass is 411 g/mol. The van der Waals surface area contributed by atoms with E-state index in [0.29, 0.717) is 47.4 Å². The van der Waals surface area contributed by atoms with Crippen molar-refractivity contribution in [2.24, 2.45) is 0 Å². The predicted octanol–water partition coefficient (Wildman–Crippen LogP) is 2.33. The van der Waals surface area contributed by atoms with Crippen LogP contribution >= 0.6 is 11.8 Å². The average molecular weight is 411 g/mol. The van der Waals surface area contributed by atoms with Gasteiger partial charge in [-0.15, -0.1) is 11.8 Å². The minimum atomic E-state index is -0.132. The van der Waals surface area contributed by atoms with Crippen LogP contribution in [0.4, 0.5) is 5.82 Å². The number of hydrogen-bond acceptors (Lipinski definition) is 8. The molecular formula is C20H21N5O3S. The third kappa shape index (κ3) is 5.85. The number of nitrogen functional groups attached to an aromatic ring is 1. The Balaban J connectivity index is 2.37. The standard InChI is InChI=1S/C20H21N5O3S/c1-13(26)24-7-10-29-20-17(12-22)18(16(11-21)19(23)25-20)14-3-5-15(6-4-14)28-9-8-27-2/h3-6H,7-10H2,1-2H3,(H2,23,25)(H,24,26). The quantitative estimate of drug-likeness (QED) is 0.474. The number of pyridine rings is 1. The Morgan fingerprint density at radius 1 is 1.21 bits per heavy atom. The first kappa shape index (κ1) is 22.0. The van der Waals surface area contributed by atoms with Crippen LogP contribution in [-0.2, 0) is 9.53 Å². The Morgan fingerprint density at radius 2 is 1.90 bits per heavy atom. The van der Waals surface area contributed by atoms with Crippen molar-refractivity contribution < 1.29 is 14.3 Å². The maximum atomic E-state index is 11.0. The van der Waals surface area contributed by atoms with E-state index >= 15 is 0 Å². The molecule has 3 N–H and O–H groups in total. The molecule has 1 heterocycles. The largest absolute Gasteiger partial charge is 0.491 e. The van der Waals surface area contributed by atoms with Gasteiger partial charge in [0.25, 0.3) is 0 Å². The van der Waals surface area contributed by atoms with Crippen LogP contribution < -0.4 is 15.8 Å². The highest BCUT2D eigenvalue weighted by Gasteiger charge is 2.20. The first-order valence-corrected chi connectivity index (χ1v) is 9.73. The van der Waals surface area contributed by atoms with Crippen molar-refractivity contribution in [1.82, 2.24) is 10.3 Å². The lowest BCUT2D eigenvalue weighted by atomic mass is 9.97. The van der Waals surface area contributed by atoms with Gasteiger partial charge in [0.15, 0.2) is 0 Å². The lowest BCUT2D eigenvalue weighted by Crippen LogP contribution is -2.22. The molecule has 2 rings (SSSR count). The molecule has 0 atom stereocenters. The van der Waals surface area contributed by atoms with Crippen molar-refractivity contribution in [2.45, 2.75) is 11.9 Å². The van der Waals surface area contributed by atoms with Gasteiger partial charge in [0.1, 0.15) is 40.9 Å². The number of anilines is 1. The molecule has 150 valence electrons. The number of carbonyl (C=O) groups excluding carboxylic acids is 1. The number of ether oxygens (including phenoxy) is 2. The maximum absolute atomic E-state index is 11.0. The van der Waals surface area contributed by atoms with E-state index in [2.05, 4.69) is 22.4 Å². The third-order valence-electron chi connectivity index (χ3n) is 3.83. The highest BCUT2D eigenvalue weighted by atomic mass is 32.2. The molecule has 0 saturated carbocycles. The number of hydrogen-bond donors (Lipinski definition) is 2. The number of nitrogens with zero attached hydrogens (tertiary/aromatic N) is 3. The fourth-order valence-corrected chi connectivity index (χ4v) is 3.38. The van der Waals surface area contributed by atoms with E-state index in [0.717, 1.165) is 0 Å². The predicted molar refractivity (Wildman–Crippen MR) is 110 cm³/mol. The highest BCUT2D eigenvalue weighted by molar-refractivity contribution is 7.99. The number of amides is 1. The molecule has 0 fully saturated rings. The Hall–Kier alpha value is -3.27. The van der Waals surface area contributed by atoms with Crippen LogP contribution in [0.15, 0.2) is 29.3 Å². The van der Waals surface area contributed by atoms with E-state index in [4.69, 9.17) is 15.2 Å². The molecule has 0 aliphatic carbocycles. The third-order valence-corrected chi connectivity index (χ3v) is 4.81. The molecule has 9 heteroatoms. The number of thioether (sulfide) groups is 1. The van der Waals surface area contributed by atoms with E-state index < -0.39 is 0 Å². The Labute approximate surface area is 173 Å². The molecule has 0 unspecified atom stereocenters. The highest BCUT2D eigenvalue weighted by Crippen LogP contribution is 2.36. The zero-order chi connectivity index (χ0) is 21.2. The lowest BCUT2D eigenvalue weighted by Gasteiger charge is -2.13. The fourth-order valence-electron chi connectivity index (χ4n) is 2.53. The molecule has 1 aromatic heterocycles. The van der Waals surface area contributed by atoms with Gasteiger partial charge in [-0.2, -0.15) is 10.5 Å². The summed E-state index contributed by atoms with van der Waals surface area (Å²) in [5.41, 5.74) is 7.52. The number of benzene rings is 1. The van der Waals surface area contributed by atoms with Crippen molar-refractivity contribution in [3.8, 4) is 29.0 Å². The van der Waals surface area contributed by atoms with Crippen LogP contribution in [-0.4, -0.2) is 43.5 Å². The number of nitrogens with one attached hydrogen (secondary N) is 1. The van der Waals surface area contributed by atoms with Gasteiger partial charge in [-0.05, 0) is 17.7 Å². The van der Waals surface area contributed by atoms with Crippen LogP contribution in [0.2, 0.25) is 0 Å². The molecule has 0 aliphatic rings. The van der Waals surface area contributed by atoms with Crippen LogP contribution in [0.25, 0.3) is 11.1 Å². The number of rotatable bonds is 9. The first-order chi connectivity index (χ1) is 14.0. The molecule has 1 amide bonds. The topological polar surface area (TPSA) is 134 Å². The summed E-state index contributed by atoms with van der Waals surface area (Å²) in [7, 11) is 1.60. The summed E-state index contributed by atoms with van der Waals surface area (Å²) in [6, 6.07) is 11.2. The molecule has 29 heavy (non-hydrogen) atoms. The van der Waals surface area contributed by atoms with Crippen molar-refractivity contribution in [3.05, 3.63) is 35.4 Å². The second-order valence-corrected chi connectivity index (χ2v) is 6.93. The number of methoxy groups -OCH3 is 1. The van der Waals surface area contributed by atoms with Crippen molar-refractivity contribution in [2.75, 3.05) is 38.4 Å². The summed E-state index contributed by atoms with van der Waals surface area (Å²) in [5, 5.41) is 22.4. The van der Waals surface area contributed by atoms with E-state index in [-0.39, 0.29) is 22.9 Å². The minimum absolute atomic E-state index is 0.0592. The zero-order valence-corrected chi connectivity index (χ0v) is 17.0. The summed E-state index contributed by atoms with van der Waals surface area (Å²) < 4.78 is 10.5. The summed E-state index contributed by atoms with van der Waals surface area (Å²) in [6.07, 6.45) is 0. The molecule has 8 nitrogen and oxygen atoms in total. The zero-order valence-electron chi connectivity index (χ0n) is 16.2. The molecule has 0 aliphatic heterocycles. The second kappa shape index (κ2) is 10.9. The van der Waals surface area contributed by atoms with Gasteiger partial charge in [0.05, 0.1) is 12.2 Å². The fraction of sp³-hybridized carbons (Fsp3) is 0.300. The van der Waals surface area contributed by atoms with Gasteiger partial charge in [0.2, 0.25) is 5.91 Å². The number of nitriles is 2. The van der Waals surface area contributed by atoms with E-state index in [1.807, 2.05) is 0 Å². The van der Waals surface area contributed by atoms with Crippen LogP contribution in [0, 0.1) is 22.7 Å². The smallest absolute Gasteiger partial charge is 0.216 e. The second-order valence-electron chi connectivity index (χ2n) is 5.85. The van der Waals surface area contributed by atoms with Gasteiger partial charge in [0, 0.05) is 31.9 Å². The Morgan fingerprint density at radius 3 is 2.48 bits per heavy atom. The number of aromatic nitrogens is 1. The van der Waals surface area contributed by atoms with Gasteiger partial charge >= 0.3 is 0 Å². The molecule has 0 bridgehead atoms. The summed E-state index contributed by atoms with van der Waals surface area (Å²) in [5.74, 6) is 1.09. The number of nitrogens with two attached hydrogens (primary N) is 1. The molecule has 0 radical (unpaired) electrons. The normalized spacial score (nSPS) is 10.1. The van der Waals surface area contributed by atoms with E-state index in [1.54, 1.807) is 31.4 Å². The SMILES string of the molecule is COCCOc1ccc(-c2c(C#N)c(N)nc(SCCNC(C)=O)c2C#N)cc1. The molecule has 2 aromatic rings. The van der Waals surface area contributed by atoms with Gasteiger partial charge < -0.3 is 20.5 Å². The lowest BCUT2D eigenvalue weighted by molar-refractivity contribution is -0.118. The van der Waals surface area contributed by atoms with Crippen LogP contribution in [0.5, 0.6) is 5.75 Å².